The normalized spacial score (nSPS) is 16.1. The minimum atomic E-state index is 0.200. The maximum Gasteiger partial charge on any atom is 0.0421 e. The summed E-state index contributed by atoms with van der Waals surface area (Å²) in [5.41, 5.74) is 4.01. The van der Waals surface area contributed by atoms with Crippen molar-refractivity contribution in [3.63, 3.8) is 0 Å². The highest BCUT2D eigenvalue weighted by molar-refractivity contribution is 5.35. The summed E-state index contributed by atoms with van der Waals surface area (Å²) in [7, 11) is 0. The predicted octanol–water partition coefficient (Wildman–Crippen LogP) is 4.24. The molecule has 0 fully saturated rings. The number of benzene rings is 1. The summed E-state index contributed by atoms with van der Waals surface area (Å²) < 4.78 is 0. The average molecular weight is 222 g/mol. The molecule has 0 aromatic heterocycles. The monoisotopic (exact) mass is 222 g/mol. The molecule has 0 heteroatoms. The van der Waals surface area contributed by atoms with E-state index in [1.807, 2.05) is 0 Å². The van der Waals surface area contributed by atoms with Crippen LogP contribution >= 0.6 is 0 Å². The first-order valence-corrected chi connectivity index (χ1v) is 6.20. The first-order chi connectivity index (χ1) is 8.29. The van der Waals surface area contributed by atoms with Crippen molar-refractivity contribution in [1.29, 1.82) is 0 Å². The highest BCUT2D eigenvalue weighted by Gasteiger charge is 2.04. The molecule has 1 aliphatic carbocycles. The van der Waals surface area contributed by atoms with Gasteiger partial charge in [-0.1, -0.05) is 48.4 Å². The minimum absolute atomic E-state index is 0.200. The molecule has 0 saturated carbocycles. The maximum absolute atomic E-state index is 5.47. The van der Waals surface area contributed by atoms with Crippen LogP contribution in [0.15, 0.2) is 48.1 Å². The highest BCUT2D eigenvalue weighted by Crippen LogP contribution is 2.19. The van der Waals surface area contributed by atoms with Crippen LogP contribution in [0.4, 0.5) is 0 Å². The van der Waals surface area contributed by atoms with Gasteiger partial charge in [-0.3, -0.25) is 0 Å². The number of hydrogen-bond acceptors (Lipinski definition) is 0. The van der Waals surface area contributed by atoms with E-state index in [0.717, 1.165) is 6.42 Å². The summed E-state index contributed by atoms with van der Waals surface area (Å²) in [5, 5.41) is 0. The Morgan fingerprint density at radius 2 is 2.24 bits per heavy atom. The maximum atomic E-state index is 5.47. The van der Waals surface area contributed by atoms with Gasteiger partial charge in [-0.15, -0.1) is 6.42 Å². The van der Waals surface area contributed by atoms with E-state index in [0.29, 0.717) is 0 Å². The molecule has 0 heterocycles. The lowest BCUT2D eigenvalue weighted by Gasteiger charge is -2.10. The largest absolute Gasteiger partial charge is 0.119 e. The van der Waals surface area contributed by atoms with Crippen molar-refractivity contribution in [1.82, 2.24) is 0 Å². The molecule has 0 aliphatic heterocycles. The lowest BCUT2D eigenvalue weighted by Crippen LogP contribution is -1.95. The van der Waals surface area contributed by atoms with Crippen molar-refractivity contribution in [3.8, 4) is 12.3 Å². The Morgan fingerprint density at radius 1 is 1.35 bits per heavy atom. The first-order valence-electron chi connectivity index (χ1n) is 6.20. The van der Waals surface area contributed by atoms with Crippen LogP contribution in [-0.4, -0.2) is 0 Å². The van der Waals surface area contributed by atoms with Crippen LogP contribution in [0.5, 0.6) is 0 Å². The lowest BCUT2D eigenvalue weighted by molar-refractivity contribution is 0.979. The fourth-order valence-electron chi connectivity index (χ4n) is 2.10. The summed E-state index contributed by atoms with van der Waals surface area (Å²) in [4.78, 5) is 0. The topological polar surface area (TPSA) is 0 Å². The van der Waals surface area contributed by atoms with E-state index in [1.54, 1.807) is 0 Å². The minimum Gasteiger partial charge on any atom is -0.119 e. The number of allylic oxidation sites excluding steroid dienone is 4. The Labute approximate surface area is 104 Å². The van der Waals surface area contributed by atoms with Crippen LogP contribution in [0.25, 0.3) is 0 Å². The van der Waals surface area contributed by atoms with Crippen molar-refractivity contribution >= 4 is 0 Å². The van der Waals surface area contributed by atoms with Crippen LogP contribution in [0.1, 0.15) is 36.8 Å². The average Bonchev–Trinajstić information content (AvgIpc) is 2.39. The van der Waals surface area contributed by atoms with Crippen LogP contribution in [-0.2, 0) is 6.42 Å². The summed E-state index contributed by atoms with van der Waals surface area (Å²) in [6.07, 6.45) is 15.7. The van der Waals surface area contributed by atoms with E-state index in [-0.39, 0.29) is 5.92 Å². The van der Waals surface area contributed by atoms with Crippen molar-refractivity contribution in [2.45, 2.75) is 32.1 Å². The van der Waals surface area contributed by atoms with Crippen LogP contribution in [0.3, 0.4) is 0 Å². The molecule has 1 unspecified atom stereocenters. The summed E-state index contributed by atoms with van der Waals surface area (Å²) in [6, 6.07) is 8.62. The zero-order valence-corrected chi connectivity index (χ0v) is 10.3. The summed E-state index contributed by atoms with van der Waals surface area (Å²) in [5.74, 6) is 2.98. The van der Waals surface area contributed by atoms with Gasteiger partial charge in [0, 0.05) is 5.92 Å². The zero-order chi connectivity index (χ0) is 12.1. The fraction of sp³-hybridized carbons (Fsp3) is 0.294. The van der Waals surface area contributed by atoms with Gasteiger partial charge in [-0.25, -0.2) is 0 Å². The van der Waals surface area contributed by atoms with E-state index in [2.05, 4.69) is 55.3 Å². The Kier molecular flexibility index (Phi) is 3.83. The molecule has 1 aliphatic rings. The van der Waals surface area contributed by atoms with Crippen molar-refractivity contribution in [3.05, 3.63) is 59.2 Å². The summed E-state index contributed by atoms with van der Waals surface area (Å²) >= 11 is 0. The third-order valence-electron chi connectivity index (χ3n) is 3.18. The third-order valence-corrected chi connectivity index (χ3v) is 3.18. The Balaban J connectivity index is 2.14. The smallest absolute Gasteiger partial charge is 0.0421 e. The number of hydrogen-bond donors (Lipinski definition) is 0. The SMILES string of the molecule is C#CC(C)c1cccc(CC2=CCCC=C2)c1. The van der Waals surface area contributed by atoms with Crippen molar-refractivity contribution in [2.24, 2.45) is 0 Å². The molecule has 0 radical (unpaired) electrons. The van der Waals surface area contributed by atoms with Gasteiger partial charge in [0.15, 0.2) is 0 Å². The van der Waals surface area contributed by atoms with Gasteiger partial charge in [-0.2, -0.15) is 0 Å². The molecule has 0 amide bonds. The van der Waals surface area contributed by atoms with Gasteiger partial charge in [0.1, 0.15) is 0 Å². The molecule has 0 N–H and O–H groups in total. The van der Waals surface area contributed by atoms with E-state index < -0.39 is 0 Å². The summed E-state index contributed by atoms with van der Waals surface area (Å²) in [6.45, 7) is 2.07. The Hall–Kier alpha value is -1.74. The van der Waals surface area contributed by atoms with Gasteiger partial charge in [-0.05, 0) is 42.9 Å². The molecular weight excluding hydrogens is 204 g/mol. The number of rotatable bonds is 3. The molecule has 0 spiro atoms. The standard InChI is InChI=1S/C17H18/c1-3-14(2)17-11-7-10-16(13-17)12-15-8-5-4-6-9-15/h1,5,7-11,13-14H,4,6,12H2,2H3. The molecule has 1 aromatic rings. The molecule has 17 heavy (non-hydrogen) atoms. The second-order valence-corrected chi connectivity index (χ2v) is 4.57. The lowest BCUT2D eigenvalue weighted by atomic mass is 9.95. The van der Waals surface area contributed by atoms with Gasteiger partial charge < -0.3 is 0 Å². The molecule has 0 nitrogen and oxygen atoms in total. The fourth-order valence-corrected chi connectivity index (χ4v) is 2.10. The Morgan fingerprint density at radius 3 is 2.94 bits per heavy atom. The van der Waals surface area contributed by atoms with Crippen LogP contribution < -0.4 is 0 Å². The van der Waals surface area contributed by atoms with Crippen molar-refractivity contribution < 1.29 is 0 Å². The molecule has 1 aromatic carbocycles. The second-order valence-electron chi connectivity index (χ2n) is 4.57. The number of terminal acetylenes is 1. The molecule has 86 valence electrons. The molecular formula is C17H18. The first kappa shape index (κ1) is 11.7. The van der Waals surface area contributed by atoms with Crippen LogP contribution in [0, 0.1) is 12.3 Å². The zero-order valence-electron chi connectivity index (χ0n) is 10.3. The van der Waals surface area contributed by atoms with E-state index >= 15 is 0 Å². The third kappa shape index (κ3) is 3.11. The van der Waals surface area contributed by atoms with Gasteiger partial charge in [0.05, 0.1) is 0 Å². The molecule has 2 rings (SSSR count). The van der Waals surface area contributed by atoms with Gasteiger partial charge in [0.25, 0.3) is 0 Å². The predicted molar refractivity (Wildman–Crippen MR) is 73.9 cm³/mol. The molecule has 1 atom stereocenters. The molecule has 0 saturated heterocycles. The van der Waals surface area contributed by atoms with Crippen LogP contribution in [0.2, 0.25) is 0 Å². The van der Waals surface area contributed by atoms with E-state index in [4.69, 9.17) is 6.42 Å². The van der Waals surface area contributed by atoms with E-state index in [9.17, 15) is 0 Å². The molecule has 0 bridgehead atoms. The van der Waals surface area contributed by atoms with E-state index in [1.165, 1.54) is 29.5 Å². The second kappa shape index (κ2) is 5.55. The highest BCUT2D eigenvalue weighted by atomic mass is 14.1. The quantitative estimate of drug-likeness (QED) is 0.671. The van der Waals surface area contributed by atoms with Gasteiger partial charge in [0.2, 0.25) is 0 Å². The van der Waals surface area contributed by atoms with Gasteiger partial charge >= 0.3 is 0 Å². The van der Waals surface area contributed by atoms with Crippen molar-refractivity contribution in [2.75, 3.05) is 0 Å². The Bertz CT molecular complexity index is 483.